The first kappa shape index (κ1) is 20.0. The summed E-state index contributed by atoms with van der Waals surface area (Å²) in [7, 11) is 0. The van der Waals surface area contributed by atoms with Gasteiger partial charge in [-0.3, -0.25) is 0 Å². The van der Waals surface area contributed by atoms with Crippen LogP contribution in [0.1, 0.15) is 66.7 Å². The molecule has 3 aliphatic heterocycles. The van der Waals surface area contributed by atoms with Gasteiger partial charge in [-0.1, -0.05) is 40.7 Å². The summed E-state index contributed by atoms with van der Waals surface area (Å²) in [6.45, 7) is 13.6. The smallest absolute Gasteiger partial charge is 0.160 e. The van der Waals surface area contributed by atoms with Gasteiger partial charge in [0.2, 0.25) is 0 Å². The third kappa shape index (κ3) is 2.57. The van der Waals surface area contributed by atoms with Crippen LogP contribution >= 0.6 is 0 Å². The topological polar surface area (TPSA) is 43.5 Å². The lowest BCUT2D eigenvalue weighted by Gasteiger charge is -2.57. The summed E-state index contributed by atoms with van der Waals surface area (Å²) in [5, 5.41) is 0. The van der Waals surface area contributed by atoms with Crippen molar-refractivity contribution >= 4 is 0 Å². The van der Waals surface area contributed by atoms with Gasteiger partial charge >= 0.3 is 0 Å². The molecule has 4 heteroatoms. The van der Waals surface area contributed by atoms with Gasteiger partial charge in [0, 0.05) is 16.7 Å². The van der Waals surface area contributed by atoms with Crippen LogP contribution in [0.15, 0.2) is 11.6 Å². The van der Waals surface area contributed by atoms with Crippen LogP contribution in [-0.2, 0) is 18.9 Å². The Kier molecular flexibility index (Phi) is 3.98. The predicted octanol–water partition coefficient (Wildman–Crippen LogP) is 4.97. The monoisotopic (exact) mass is 428 g/mol. The standard InChI is InChI=1S/C27H40O4/c1-14(24-28-12-25(2,3)13-29-24)15-6-7-16-20-17(10-11-26(15,16)4)27(5)18(21-22(20)31-21)8-9-19-23(27)30-19/h8,14-17,19-24H,6-7,9-13H2,1-5H3/t14?,15-,16+,17+,19+,20+,21-,22+,23+,26-,27-/m1/s1. The molecule has 0 aromatic carbocycles. The highest BCUT2D eigenvalue weighted by Crippen LogP contribution is 2.72. The van der Waals surface area contributed by atoms with E-state index in [1.807, 2.05) is 0 Å². The van der Waals surface area contributed by atoms with Gasteiger partial charge in [-0.2, -0.15) is 0 Å². The van der Waals surface area contributed by atoms with E-state index in [9.17, 15) is 0 Å². The Morgan fingerprint density at radius 2 is 1.74 bits per heavy atom. The van der Waals surface area contributed by atoms with Gasteiger partial charge in [0.05, 0.1) is 31.5 Å². The number of hydrogen-bond acceptors (Lipinski definition) is 4. The highest BCUT2D eigenvalue weighted by molar-refractivity contribution is 5.39. The summed E-state index contributed by atoms with van der Waals surface area (Å²) < 4.78 is 25.2. The molecular formula is C27H40O4. The lowest BCUT2D eigenvalue weighted by Crippen LogP contribution is -2.56. The number of rotatable bonds is 2. The van der Waals surface area contributed by atoms with Crippen LogP contribution in [0.4, 0.5) is 0 Å². The van der Waals surface area contributed by atoms with Gasteiger partial charge in [0.1, 0.15) is 6.10 Å². The van der Waals surface area contributed by atoms with Crippen LogP contribution in [0.3, 0.4) is 0 Å². The van der Waals surface area contributed by atoms with E-state index in [1.165, 1.54) is 25.7 Å². The van der Waals surface area contributed by atoms with Gasteiger partial charge in [-0.05, 0) is 66.8 Å². The molecule has 3 saturated carbocycles. The van der Waals surface area contributed by atoms with Crippen molar-refractivity contribution in [3.8, 4) is 0 Å². The molecule has 4 nitrogen and oxygen atoms in total. The van der Waals surface area contributed by atoms with Crippen molar-refractivity contribution in [2.45, 2.75) is 97.4 Å². The second-order valence-corrected chi connectivity index (χ2v) is 13.3. The average Bonchev–Trinajstić information content (AvgIpc) is 3.63. The zero-order valence-corrected chi connectivity index (χ0v) is 19.9. The maximum atomic E-state index is 6.46. The van der Waals surface area contributed by atoms with Crippen molar-refractivity contribution in [3.05, 3.63) is 11.6 Å². The Balaban J connectivity index is 1.16. The Labute approximate surface area is 187 Å². The quantitative estimate of drug-likeness (QED) is 0.460. The number of fused-ring (bicyclic) bond motifs is 10. The molecular weight excluding hydrogens is 388 g/mol. The van der Waals surface area contributed by atoms with Crippen LogP contribution in [0.25, 0.3) is 0 Å². The molecule has 1 unspecified atom stereocenters. The fraction of sp³-hybridized carbons (Fsp3) is 0.926. The molecule has 0 aromatic rings. The number of epoxide rings is 2. The Morgan fingerprint density at radius 1 is 0.968 bits per heavy atom. The highest BCUT2D eigenvalue weighted by atomic mass is 16.7. The van der Waals surface area contributed by atoms with Crippen molar-refractivity contribution in [2.75, 3.05) is 13.2 Å². The molecule has 0 bridgehead atoms. The Hall–Kier alpha value is -0.420. The molecule has 0 radical (unpaired) electrons. The largest absolute Gasteiger partial charge is 0.368 e. The molecule has 7 aliphatic rings. The van der Waals surface area contributed by atoms with Crippen molar-refractivity contribution in [1.29, 1.82) is 0 Å². The van der Waals surface area contributed by atoms with Crippen LogP contribution in [-0.4, -0.2) is 43.9 Å². The first-order valence-electron chi connectivity index (χ1n) is 13.0. The third-order valence-electron chi connectivity index (χ3n) is 11.1. The summed E-state index contributed by atoms with van der Waals surface area (Å²) in [4.78, 5) is 0. The van der Waals surface area contributed by atoms with Crippen LogP contribution in [0.5, 0.6) is 0 Å². The van der Waals surface area contributed by atoms with Crippen LogP contribution < -0.4 is 0 Å². The molecule has 6 fully saturated rings. The second-order valence-electron chi connectivity index (χ2n) is 13.3. The molecule has 0 N–H and O–H groups in total. The van der Waals surface area contributed by atoms with Gasteiger partial charge in [0.15, 0.2) is 6.29 Å². The molecule has 172 valence electrons. The Morgan fingerprint density at radius 3 is 2.52 bits per heavy atom. The van der Waals surface area contributed by atoms with E-state index in [0.717, 1.165) is 31.5 Å². The molecule has 0 spiro atoms. The minimum atomic E-state index is -0.0337. The molecule has 31 heavy (non-hydrogen) atoms. The predicted molar refractivity (Wildman–Crippen MR) is 117 cm³/mol. The van der Waals surface area contributed by atoms with Gasteiger partial charge in [0.25, 0.3) is 0 Å². The Bertz CT molecular complexity index is 810. The fourth-order valence-electron chi connectivity index (χ4n) is 9.45. The first-order valence-corrected chi connectivity index (χ1v) is 13.0. The first-order chi connectivity index (χ1) is 14.7. The van der Waals surface area contributed by atoms with Crippen molar-refractivity contribution in [2.24, 2.45) is 45.8 Å². The SMILES string of the molecule is CC(C1OCC(C)(C)CO1)[C@H]1CC[C@H]2[C@@H]3[C@@H]4O[C@@H]4C4=CC[C@@H]5O[C@@H]5[C@]4(C)[C@H]3CC[C@]12C. The van der Waals surface area contributed by atoms with Crippen molar-refractivity contribution in [1.82, 2.24) is 0 Å². The molecule has 11 atom stereocenters. The van der Waals surface area contributed by atoms with E-state index < -0.39 is 0 Å². The van der Waals surface area contributed by atoms with Gasteiger partial charge in [-0.25, -0.2) is 0 Å². The summed E-state index contributed by atoms with van der Waals surface area (Å²) in [6, 6.07) is 0. The zero-order chi connectivity index (χ0) is 21.3. The number of hydrogen-bond donors (Lipinski definition) is 0. The number of ether oxygens (including phenoxy) is 4. The minimum Gasteiger partial charge on any atom is -0.368 e. The van der Waals surface area contributed by atoms with E-state index in [0.29, 0.717) is 47.6 Å². The molecule has 7 rings (SSSR count). The van der Waals surface area contributed by atoms with E-state index >= 15 is 0 Å². The van der Waals surface area contributed by atoms with Crippen LogP contribution in [0, 0.1) is 45.8 Å². The highest BCUT2D eigenvalue weighted by Gasteiger charge is 2.73. The van der Waals surface area contributed by atoms with E-state index in [1.54, 1.807) is 5.57 Å². The average molecular weight is 429 g/mol. The summed E-state index contributed by atoms with van der Waals surface area (Å²) in [6.07, 6.45) is 10.7. The molecule has 3 heterocycles. The molecule has 4 aliphatic carbocycles. The molecule has 0 amide bonds. The van der Waals surface area contributed by atoms with Crippen molar-refractivity contribution in [3.63, 3.8) is 0 Å². The van der Waals surface area contributed by atoms with E-state index in [4.69, 9.17) is 18.9 Å². The third-order valence-corrected chi connectivity index (χ3v) is 11.1. The van der Waals surface area contributed by atoms with Gasteiger partial charge < -0.3 is 18.9 Å². The fourth-order valence-corrected chi connectivity index (χ4v) is 9.45. The minimum absolute atomic E-state index is 0.0337. The zero-order valence-electron chi connectivity index (χ0n) is 19.9. The van der Waals surface area contributed by atoms with Gasteiger partial charge in [-0.15, -0.1) is 0 Å². The second kappa shape index (κ2) is 6.17. The summed E-state index contributed by atoms with van der Waals surface area (Å²) in [5.74, 6) is 3.35. The maximum absolute atomic E-state index is 6.46. The van der Waals surface area contributed by atoms with Crippen LogP contribution in [0.2, 0.25) is 0 Å². The van der Waals surface area contributed by atoms with Crippen molar-refractivity contribution < 1.29 is 18.9 Å². The summed E-state index contributed by atoms with van der Waals surface area (Å²) >= 11 is 0. The molecule has 0 aromatic heterocycles. The normalized spacial score (nSPS) is 57.5. The van der Waals surface area contributed by atoms with E-state index in [-0.39, 0.29) is 17.1 Å². The lowest BCUT2D eigenvalue weighted by molar-refractivity contribution is -0.253. The summed E-state index contributed by atoms with van der Waals surface area (Å²) in [5.41, 5.74) is 2.35. The lowest BCUT2D eigenvalue weighted by atomic mass is 9.46. The van der Waals surface area contributed by atoms with E-state index in [2.05, 4.69) is 40.7 Å². The maximum Gasteiger partial charge on any atom is 0.160 e. The molecule has 3 saturated heterocycles.